The Bertz CT molecular complexity index is 1240. The van der Waals surface area contributed by atoms with E-state index in [2.05, 4.69) is 45.9 Å². The predicted molar refractivity (Wildman–Crippen MR) is 129 cm³/mol. The second kappa shape index (κ2) is 8.40. The van der Waals surface area contributed by atoms with Gasteiger partial charge in [-0.3, -0.25) is 4.79 Å². The number of aromatic nitrogens is 2. The molecule has 32 heavy (non-hydrogen) atoms. The molecular formula is C28H22N2OS. The van der Waals surface area contributed by atoms with Crippen molar-refractivity contribution >= 4 is 17.1 Å². The lowest BCUT2D eigenvalue weighted by molar-refractivity contribution is 0.103. The Kier molecular flexibility index (Phi) is 5.29. The molecule has 3 aromatic carbocycles. The van der Waals surface area contributed by atoms with E-state index in [4.69, 9.17) is 0 Å². The van der Waals surface area contributed by atoms with E-state index in [1.54, 1.807) is 17.7 Å². The van der Waals surface area contributed by atoms with Crippen molar-refractivity contribution in [2.24, 2.45) is 0 Å². The summed E-state index contributed by atoms with van der Waals surface area (Å²) in [7, 11) is 0. The number of nitrogens with zero attached hydrogens (tertiary/aromatic N) is 2. The van der Waals surface area contributed by atoms with Crippen molar-refractivity contribution in [3.8, 4) is 0 Å². The van der Waals surface area contributed by atoms with Gasteiger partial charge in [-0.2, -0.15) is 0 Å². The predicted octanol–water partition coefficient (Wildman–Crippen LogP) is 6.32. The van der Waals surface area contributed by atoms with Gasteiger partial charge in [-0.25, -0.2) is 4.98 Å². The molecule has 2 aromatic heterocycles. The number of rotatable bonds is 6. The number of carbonyl (C=O) groups is 1. The van der Waals surface area contributed by atoms with Crippen molar-refractivity contribution in [1.82, 2.24) is 9.55 Å². The highest BCUT2D eigenvalue weighted by molar-refractivity contribution is 7.10. The van der Waals surface area contributed by atoms with E-state index in [1.165, 1.54) is 0 Å². The van der Waals surface area contributed by atoms with Gasteiger partial charge in [-0.15, -0.1) is 11.3 Å². The molecule has 2 heterocycles. The largest absolute Gasteiger partial charge is 0.318 e. The summed E-state index contributed by atoms with van der Waals surface area (Å²) in [6.07, 6.45) is 3.66. The highest BCUT2D eigenvalue weighted by Crippen LogP contribution is 2.40. The number of carbonyl (C=O) groups excluding carboxylic acids is 1. The second-order valence-electron chi connectivity index (χ2n) is 7.69. The van der Waals surface area contributed by atoms with Gasteiger partial charge in [0.25, 0.3) is 0 Å². The third-order valence-electron chi connectivity index (χ3n) is 5.88. The van der Waals surface area contributed by atoms with Crippen LogP contribution in [0, 0.1) is 6.92 Å². The first-order valence-electron chi connectivity index (χ1n) is 10.5. The quantitative estimate of drug-likeness (QED) is 0.231. The van der Waals surface area contributed by atoms with Crippen LogP contribution in [0.1, 0.15) is 37.6 Å². The highest BCUT2D eigenvalue weighted by Gasteiger charge is 2.38. The monoisotopic (exact) mass is 434 g/mol. The van der Waals surface area contributed by atoms with Gasteiger partial charge in [0.15, 0.2) is 0 Å². The zero-order chi connectivity index (χ0) is 22.0. The molecule has 0 aliphatic carbocycles. The normalized spacial score (nSPS) is 11.4. The zero-order valence-electron chi connectivity index (χ0n) is 17.7. The number of hydrogen-bond donors (Lipinski definition) is 0. The van der Waals surface area contributed by atoms with Crippen molar-refractivity contribution in [1.29, 1.82) is 0 Å². The fraction of sp³-hybridized carbons (Fsp3) is 0.0714. The number of imidazole rings is 1. The fourth-order valence-electron chi connectivity index (χ4n) is 4.37. The minimum Gasteiger partial charge on any atom is -0.318 e. The molecule has 0 radical (unpaired) electrons. The van der Waals surface area contributed by atoms with Gasteiger partial charge in [0, 0.05) is 16.6 Å². The van der Waals surface area contributed by atoms with Gasteiger partial charge < -0.3 is 4.57 Å². The van der Waals surface area contributed by atoms with Gasteiger partial charge in [0.05, 0.1) is 6.33 Å². The SMILES string of the molecule is Cc1sccc1C(=O)c1cn(C(c2ccccc2)(c2ccccc2)c2ccccc2)cn1. The van der Waals surface area contributed by atoms with Crippen LogP contribution in [-0.2, 0) is 5.54 Å². The van der Waals surface area contributed by atoms with Crippen molar-refractivity contribution in [3.05, 3.63) is 148 Å². The van der Waals surface area contributed by atoms with E-state index in [0.717, 1.165) is 21.6 Å². The maximum Gasteiger partial charge on any atom is 0.214 e. The second-order valence-corrected chi connectivity index (χ2v) is 8.81. The summed E-state index contributed by atoms with van der Waals surface area (Å²) in [5, 5.41) is 1.95. The van der Waals surface area contributed by atoms with E-state index in [0.29, 0.717) is 11.3 Å². The molecule has 0 spiro atoms. The van der Waals surface area contributed by atoms with Crippen LogP contribution >= 0.6 is 11.3 Å². The molecule has 0 saturated heterocycles. The van der Waals surface area contributed by atoms with E-state index in [-0.39, 0.29) is 5.78 Å². The van der Waals surface area contributed by atoms with E-state index < -0.39 is 5.54 Å². The first kappa shape index (κ1) is 20.2. The molecule has 4 heteroatoms. The van der Waals surface area contributed by atoms with Gasteiger partial charge in [-0.1, -0.05) is 91.0 Å². The van der Waals surface area contributed by atoms with Gasteiger partial charge in [0.1, 0.15) is 11.2 Å². The van der Waals surface area contributed by atoms with Crippen LogP contribution in [0.3, 0.4) is 0 Å². The van der Waals surface area contributed by atoms with Crippen LogP contribution in [-0.4, -0.2) is 15.3 Å². The number of ketones is 1. The van der Waals surface area contributed by atoms with E-state index >= 15 is 0 Å². The molecule has 0 aliphatic heterocycles. The summed E-state index contributed by atoms with van der Waals surface area (Å²) in [6.45, 7) is 1.97. The topological polar surface area (TPSA) is 34.9 Å². The highest BCUT2D eigenvalue weighted by atomic mass is 32.1. The minimum absolute atomic E-state index is 0.0504. The molecular weight excluding hydrogens is 412 g/mol. The van der Waals surface area contributed by atoms with E-state index in [9.17, 15) is 4.79 Å². The van der Waals surface area contributed by atoms with E-state index in [1.807, 2.05) is 79.2 Å². The summed E-state index contributed by atoms with van der Waals surface area (Å²) < 4.78 is 2.07. The Morgan fingerprint density at radius 2 is 1.28 bits per heavy atom. The van der Waals surface area contributed by atoms with Gasteiger partial charge in [-0.05, 0) is 35.1 Å². The molecule has 0 amide bonds. The van der Waals surface area contributed by atoms with Crippen molar-refractivity contribution in [2.75, 3.05) is 0 Å². The summed E-state index contributed by atoms with van der Waals surface area (Å²) in [5.74, 6) is -0.0504. The summed E-state index contributed by atoms with van der Waals surface area (Å²) >= 11 is 1.57. The Labute approximate surface area is 191 Å². The molecule has 156 valence electrons. The average Bonchev–Trinajstić information content (AvgIpc) is 3.51. The molecule has 3 nitrogen and oxygen atoms in total. The maximum atomic E-state index is 13.2. The lowest BCUT2D eigenvalue weighted by atomic mass is 9.77. The van der Waals surface area contributed by atoms with Gasteiger partial charge >= 0.3 is 0 Å². The Hall–Kier alpha value is -3.76. The molecule has 5 aromatic rings. The van der Waals surface area contributed by atoms with Gasteiger partial charge in [0.2, 0.25) is 5.78 Å². The first-order chi connectivity index (χ1) is 15.7. The minimum atomic E-state index is -0.668. The molecule has 0 unspecified atom stereocenters. The third-order valence-corrected chi connectivity index (χ3v) is 6.73. The molecule has 0 saturated carbocycles. The lowest BCUT2D eigenvalue weighted by Gasteiger charge is -2.37. The smallest absolute Gasteiger partial charge is 0.214 e. The summed E-state index contributed by atoms with van der Waals surface area (Å²) in [5.41, 5.74) is 3.78. The number of hydrogen-bond acceptors (Lipinski definition) is 3. The van der Waals surface area contributed by atoms with Crippen molar-refractivity contribution in [3.63, 3.8) is 0 Å². The Morgan fingerprint density at radius 3 is 1.72 bits per heavy atom. The molecule has 0 fully saturated rings. The van der Waals surface area contributed by atoms with Crippen LogP contribution in [0.4, 0.5) is 0 Å². The molecule has 0 atom stereocenters. The first-order valence-corrected chi connectivity index (χ1v) is 11.4. The molecule has 0 bridgehead atoms. The van der Waals surface area contributed by atoms with Crippen molar-refractivity contribution < 1.29 is 4.79 Å². The number of thiophene rings is 1. The average molecular weight is 435 g/mol. The summed E-state index contributed by atoms with van der Waals surface area (Å²) in [6, 6.07) is 33.0. The molecule has 0 N–H and O–H groups in total. The fourth-order valence-corrected chi connectivity index (χ4v) is 5.06. The molecule has 5 rings (SSSR count). The lowest BCUT2D eigenvalue weighted by Crippen LogP contribution is -2.37. The maximum absolute atomic E-state index is 13.2. The summed E-state index contributed by atoms with van der Waals surface area (Å²) in [4.78, 5) is 18.8. The van der Waals surface area contributed by atoms with Crippen LogP contribution in [0.15, 0.2) is 115 Å². The Balaban J connectivity index is 1.77. The number of aryl methyl sites for hydroxylation is 1. The molecule has 0 aliphatic rings. The van der Waals surface area contributed by atoms with Crippen LogP contribution in [0.2, 0.25) is 0 Å². The van der Waals surface area contributed by atoms with Crippen LogP contribution in [0.5, 0.6) is 0 Å². The zero-order valence-corrected chi connectivity index (χ0v) is 18.5. The van der Waals surface area contributed by atoms with Crippen LogP contribution < -0.4 is 0 Å². The van der Waals surface area contributed by atoms with Crippen LogP contribution in [0.25, 0.3) is 0 Å². The number of benzene rings is 3. The Morgan fingerprint density at radius 1 is 0.781 bits per heavy atom. The van der Waals surface area contributed by atoms with Crippen molar-refractivity contribution in [2.45, 2.75) is 12.5 Å². The standard InChI is InChI=1S/C28H22N2OS/c1-21-25(17-18-32-21)27(31)26-19-30(20-29-26)28(22-11-5-2-6-12-22,23-13-7-3-8-14-23)24-15-9-4-10-16-24/h2-20H,1H3. The third kappa shape index (κ3) is 3.29.